The van der Waals surface area contributed by atoms with E-state index in [0.717, 1.165) is 42.1 Å². The van der Waals surface area contributed by atoms with Crippen LogP contribution in [0, 0.1) is 6.92 Å². The van der Waals surface area contributed by atoms with Crippen LogP contribution in [0.5, 0.6) is 0 Å². The predicted octanol–water partition coefficient (Wildman–Crippen LogP) is 4.91. The van der Waals surface area contributed by atoms with Crippen molar-refractivity contribution in [1.82, 2.24) is 9.88 Å². The Morgan fingerprint density at radius 1 is 1.02 bits per heavy atom. The molecule has 0 fully saturated rings. The molecule has 1 aromatic carbocycles. The number of thiophene rings is 1. The highest BCUT2D eigenvalue weighted by Gasteiger charge is 2.31. The van der Waals surface area contributed by atoms with Gasteiger partial charge in [0.15, 0.2) is 6.10 Å². The molecule has 1 atom stereocenters. The monoisotopic (exact) mass is 581 g/mol. The van der Waals surface area contributed by atoms with Crippen molar-refractivity contribution < 1.29 is 33.4 Å². The second-order valence-corrected chi connectivity index (χ2v) is 10.7. The van der Waals surface area contributed by atoms with E-state index in [-0.39, 0.29) is 28.7 Å². The van der Waals surface area contributed by atoms with Gasteiger partial charge in [-0.1, -0.05) is 25.1 Å². The summed E-state index contributed by atoms with van der Waals surface area (Å²) in [6.45, 7) is 11.1. The van der Waals surface area contributed by atoms with Crippen LogP contribution >= 0.6 is 11.3 Å². The molecule has 1 aliphatic rings. The van der Waals surface area contributed by atoms with Gasteiger partial charge in [0, 0.05) is 36.2 Å². The first-order valence-electron chi connectivity index (χ1n) is 13.8. The lowest BCUT2D eigenvalue weighted by Crippen LogP contribution is -2.34. The van der Waals surface area contributed by atoms with Gasteiger partial charge in [0.25, 0.3) is 5.91 Å². The normalized spacial score (nSPS) is 13.8. The van der Waals surface area contributed by atoms with Crippen LogP contribution in [0.15, 0.2) is 24.3 Å². The Labute approximate surface area is 243 Å². The van der Waals surface area contributed by atoms with Gasteiger partial charge >= 0.3 is 17.9 Å². The number of amides is 1. The minimum Gasteiger partial charge on any atom is -0.462 e. The van der Waals surface area contributed by atoms with Gasteiger partial charge in [0.2, 0.25) is 0 Å². The molecule has 1 amide bonds. The number of para-hydroxylation sites is 1. The van der Waals surface area contributed by atoms with Crippen molar-refractivity contribution in [3.8, 4) is 0 Å². The Morgan fingerprint density at radius 2 is 1.73 bits per heavy atom. The maximum absolute atomic E-state index is 13.7. The van der Waals surface area contributed by atoms with Gasteiger partial charge in [0.05, 0.1) is 29.9 Å². The molecule has 41 heavy (non-hydrogen) atoms. The Hall–Kier alpha value is -3.83. The third kappa shape index (κ3) is 6.41. The fraction of sp³-hybridized carbons (Fsp3) is 0.433. The van der Waals surface area contributed by atoms with Gasteiger partial charge in [0.1, 0.15) is 9.88 Å². The Balaban J connectivity index is 1.61. The van der Waals surface area contributed by atoms with Crippen LogP contribution in [-0.4, -0.2) is 66.1 Å². The zero-order chi connectivity index (χ0) is 29.7. The van der Waals surface area contributed by atoms with E-state index in [9.17, 15) is 19.2 Å². The second-order valence-electron chi connectivity index (χ2n) is 9.69. The largest absolute Gasteiger partial charge is 0.462 e. The van der Waals surface area contributed by atoms with Crippen molar-refractivity contribution in [2.24, 2.45) is 0 Å². The molecule has 4 rings (SSSR count). The zero-order valence-corrected chi connectivity index (χ0v) is 24.8. The van der Waals surface area contributed by atoms with Crippen LogP contribution in [0.25, 0.3) is 10.9 Å². The lowest BCUT2D eigenvalue weighted by Gasteiger charge is -2.29. The van der Waals surface area contributed by atoms with E-state index in [2.05, 4.69) is 17.1 Å². The molecule has 0 saturated carbocycles. The van der Waals surface area contributed by atoms with Gasteiger partial charge in [-0.15, -0.1) is 11.3 Å². The molecule has 0 radical (unpaired) electrons. The number of aromatic nitrogens is 1. The number of nitrogens with one attached hydrogen (secondary N) is 1. The van der Waals surface area contributed by atoms with E-state index in [1.54, 1.807) is 20.8 Å². The third-order valence-electron chi connectivity index (χ3n) is 6.85. The van der Waals surface area contributed by atoms with Gasteiger partial charge in [-0.25, -0.2) is 14.4 Å². The smallest absolute Gasteiger partial charge is 0.348 e. The van der Waals surface area contributed by atoms with Crippen LogP contribution < -0.4 is 5.32 Å². The van der Waals surface area contributed by atoms with Crippen molar-refractivity contribution in [3.05, 3.63) is 57.1 Å². The molecule has 3 aromatic rings. The Morgan fingerprint density at radius 3 is 2.44 bits per heavy atom. The molecule has 0 aliphatic carbocycles. The predicted molar refractivity (Wildman–Crippen MR) is 155 cm³/mol. The molecular formula is C30H35N3O7S. The lowest BCUT2D eigenvalue weighted by molar-refractivity contribution is -0.123. The first-order valence-corrected chi connectivity index (χ1v) is 14.6. The topological polar surface area (TPSA) is 124 Å². The van der Waals surface area contributed by atoms with E-state index < -0.39 is 29.9 Å². The number of fused-ring (bicyclic) bond motifs is 2. The molecule has 11 heteroatoms. The van der Waals surface area contributed by atoms with Crippen LogP contribution in [0.2, 0.25) is 0 Å². The van der Waals surface area contributed by atoms with Gasteiger partial charge in [-0.2, -0.15) is 0 Å². The number of rotatable bonds is 10. The summed E-state index contributed by atoms with van der Waals surface area (Å²) in [4.78, 5) is 59.4. The highest BCUT2D eigenvalue weighted by molar-refractivity contribution is 7.18. The number of esters is 3. The summed E-state index contributed by atoms with van der Waals surface area (Å²) < 4.78 is 16.0. The number of carbonyl (C=O) groups is 4. The average molecular weight is 582 g/mol. The van der Waals surface area contributed by atoms with Crippen molar-refractivity contribution in [3.63, 3.8) is 0 Å². The van der Waals surface area contributed by atoms with Crippen LogP contribution in [0.1, 0.15) is 81.3 Å². The summed E-state index contributed by atoms with van der Waals surface area (Å²) in [7, 11) is 0. The highest BCUT2D eigenvalue weighted by Crippen LogP contribution is 2.35. The minimum absolute atomic E-state index is 0.0667. The molecule has 2 aromatic heterocycles. The summed E-state index contributed by atoms with van der Waals surface area (Å²) in [6.07, 6.45) is 0.499. The number of ether oxygens (including phenoxy) is 3. The van der Waals surface area contributed by atoms with E-state index in [0.29, 0.717) is 35.0 Å². The summed E-state index contributed by atoms with van der Waals surface area (Å²) >= 11 is 0.913. The fourth-order valence-electron chi connectivity index (χ4n) is 4.91. The molecule has 3 heterocycles. The van der Waals surface area contributed by atoms with Gasteiger partial charge in [-0.3, -0.25) is 14.7 Å². The Bertz CT molecular complexity index is 1480. The minimum atomic E-state index is -1.20. The van der Waals surface area contributed by atoms with Crippen molar-refractivity contribution >= 4 is 51.1 Å². The molecule has 218 valence electrons. The summed E-state index contributed by atoms with van der Waals surface area (Å²) in [5.74, 6) is -2.56. The molecule has 1 unspecified atom stereocenters. The van der Waals surface area contributed by atoms with E-state index >= 15 is 0 Å². The van der Waals surface area contributed by atoms with Gasteiger partial charge in [-0.05, 0) is 52.3 Å². The molecule has 0 bridgehead atoms. The quantitative estimate of drug-likeness (QED) is 0.263. The highest BCUT2D eigenvalue weighted by atomic mass is 32.1. The van der Waals surface area contributed by atoms with Gasteiger partial charge < -0.3 is 19.5 Å². The Kier molecular flexibility index (Phi) is 9.72. The number of benzene rings is 1. The third-order valence-corrected chi connectivity index (χ3v) is 8.03. The maximum atomic E-state index is 13.7. The van der Waals surface area contributed by atoms with E-state index in [1.165, 1.54) is 6.92 Å². The van der Waals surface area contributed by atoms with E-state index in [1.807, 2.05) is 24.3 Å². The number of hydrogen-bond acceptors (Lipinski definition) is 10. The summed E-state index contributed by atoms with van der Waals surface area (Å²) in [6, 6.07) is 7.40. The maximum Gasteiger partial charge on any atom is 0.348 e. The van der Waals surface area contributed by atoms with Crippen molar-refractivity contribution in [2.75, 3.05) is 31.6 Å². The van der Waals surface area contributed by atoms with Crippen molar-refractivity contribution in [2.45, 2.75) is 60.1 Å². The van der Waals surface area contributed by atoms with E-state index in [4.69, 9.17) is 19.2 Å². The van der Waals surface area contributed by atoms with Crippen LogP contribution in [-0.2, 0) is 32.0 Å². The average Bonchev–Trinajstić information content (AvgIpc) is 3.27. The lowest BCUT2D eigenvalue weighted by atomic mass is 9.95. The SMILES string of the molecule is CCCN1CCc2nc3ccccc3c(C(=O)OC(C)C(=O)Nc3sc(C(=O)OCC)c(C)c3C(=O)OCC)c2C1. The number of carbonyl (C=O) groups excluding carboxylic acids is 4. The summed E-state index contributed by atoms with van der Waals surface area (Å²) in [5, 5.41) is 3.45. The number of anilines is 1. The number of pyridine rings is 1. The zero-order valence-electron chi connectivity index (χ0n) is 24.0. The second kappa shape index (κ2) is 13.2. The van der Waals surface area contributed by atoms with Crippen molar-refractivity contribution in [1.29, 1.82) is 0 Å². The first-order chi connectivity index (χ1) is 19.7. The molecular weight excluding hydrogens is 546 g/mol. The van der Waals surface area contributed by atoms with Crippen LogP contribution in [0.3, 0.4) is 0 Å². The molecule has 1 N–H and O–H groups in total. The first kappa shape index (κ1) is 30.1. The number of hydrogen-bond donors (Lipinski definition) is 1. The summed E-state index contributed by atoms with van der Waals surface area (Å²) in [5.41, 5.74) is 3.20. The molecule has 1 aliphatic heterocycles. The standard InChI is InChI=1S/C30H35N3O7S/c1-6-14-33-15-13-22-20(16-33)24(19-11-9-10-12-21(19)31-22)29(36)40-18(5)26(34)32-27-23(28(35)38-7-2)17(4)25(41-27)30(37)39-8-3/h9-12,18H,6-8,13-16H2,1-5H3,(H,32,34). The molecule has 10 nitrogen and oxygen atoms in total. The molecule has 0 spiro atoms. The molecule has 0 saturated heterocycles. The number of nitrogens with zero attached hydrogens (tertiary/aromatic N) is 2. The fourth-order valence-corrected chi connectivity index (χ4v) is 6.01. The van der Waals surface area contributed by atoms with Crippen LogP contribution in [0.4, 0.5) is 5.00 Å².